The number of pyridine rings is 1. The van der Waals surface area contributed by atoms with E-state index in [1.165, 1.54) is 23.5 Å². The second-order valence-electron chi connectivity index (χ2n) is 5.33. The number of hydrogen-bond acceptors (Lipinski definition) is 4. The van der Waals surface area contributed by atoms with Gasteiger partial charge in [0.15, 0.2) is 0 Å². The highest BCUT2D eigenvalue weighted by Gasteiger charge is 2.35. The molecule has 1 atom stereocenters. The molecule has 0 aromatic carbocycles. The molecule has 100 valence electrons. The van der Waals surface area contributed by atoms with Crippen molar-refractivity contribution >= 4 is 11.3 Å². The third kappa shape index (κ3) is 3.01. The highest BCUT2D eigenvalue weighted by atomic mass is 32.1. The van der Waals surface area contributed by atoms with Gasteiger partial charge in [0, 0.05) is 17.3 Å². The third-order valence-corrected chi connectivity index (χ3v) is 4.54. The second kappa shape index (κ2) is 5.39. The molecule has 0 amide bonds. The Morgan fingerprint density at radius 1 is 1.42 bits per heavy atom. The second-order valence-corrected chi connectivity index (χ2v) is 6.28. The van der Waals surface area contributed by atoms with Gasteiger partial charge < -0.3 is 0 Å². The highest BCUT2D eigenvalue weighted by Crippen LogP contribution is 2.43. The van der Waals surface area contributed by atoms with Crippen LogP contribution in [0.1, 0.15) is 35.3 Å². The Morgan fingerprint density at radius 3 is 2.84 bits per heavy atom. The van der Waals surface area contributed by atoms with Gasteiger partial charge in [0.05, 0.1) is 18.3 Å². The Labute approximate surface area is 118 Å². The van der Waals surface area contributed by atoms with E-state index in [2.05, 4.69) is 46.4 Å². The van der Waals surface area contributed by atoms with Gasteiger partial charge in [-0.3, -0.25) is 9.88 Å². The maximum atomic E-state index is 4.56. The van der Waals surface area contributed by atoms with Crippen LogP contribution in [0.15, 0.2) is 29.8 Å². The molecule has 1 fully saturated rings. The monoisotopic (exact) mass is 273 g/mol. The molecule has 3 nitrogen and oxygen atoms in total. The van der Waals surface area contributed by atoms with E-state index in [9.17, 15) is 0 Å². The largest absolute Gasteiger partial charge is 0.291 e. The summed E-state index contributed by atoms with van der Waals surface area (Å²) in [5.41, 5.74) is 2.31. The van der Waals surface area contributed by atoms with Crippen LogP contribution < -0.4 is 0 Å². The van der Waals surface area contributed by atoms with Crippen LogP contribution in [0.2, 0.25) is 0 Å². The number of aromatic nitrogens is 2. The Kier molecular flexibility index (Phi) is 3.62. The molecule has 3 rings (SSSR count). The normalized spacial score (nSPS) is 16.8. The number of nitrogens with zero attached hydrogens (tertiary/aromatic N) is 3. The summed E-state index contributed by atoms with van der Waals surface area (Å²) in [5, 5.41) is 3.32. The van der Waals surface area contributed by atoms with Crippen LogP contribution in [0.4, 0.5) is 0 Å². The van der Waals surface area contributed by atoms with E-state index in [0.29, 0.717) is 6.04 Å². The summed E-state index contributed by atoms with van der Waals surface area (Å²) in [4.78, 5) is 11.5. The summed E-state index contributed by atoms with van der Waals surface area (Å²) >= 11 is 1.75. The molecule has 19 heavy (non-hydrogen) atoms. The van der Waals surface area contributed by atoms with Gasteiger partial charge in [-0.15, -0.1) is 11.3 Å². The zero-order chi connectivity index (χ0) is 13.2. The van der Waals surface area contributed by atoms with E-state index in [-0.39, 0.29) is 0 Å². The number of rotatable bonds is 5. The summed E-state index contributed by atoms with van der Waals surface area (Å²) in [6, 6.07) is 6.65. The Bertz CT molecular complexity index is 533. The van der Waals surface area contributed by atoms with E-state index < -0.39 is 0 Å². The van der Waals surface area contributed by atoms with Gasteiger partial charge in [-0.1, -0.05) is 6.07 Å². The summed E-state index contributed by atoms with van der Waals surface area (Å²) in [7, 11) is 2.19. The molecule has 0 radical (unpaired) electrons. The molecule has 1 aliphatic carbocycles. The van der Waals surface area contributed by atoms with Crippen LogP contribution >= 0.6 is 11.3 Å². The predicted molar refractivity (Wildman–Crippen MR) is 78.0 cm³/mol. The van der Waals surface area contributed by atoms with Crippen molar-refractivity contribution in [3.63, 3.8) is 0 Å². The Hall–Kier alpha value is -1.26. The van der Waals surface area contributed by atoms with Crippen molar-refractivity contribution in [2.75, 3.05) is 7.05 Å². The SMILES string of the molecule is Cc1csc(CN(C)C(c2ccccn2)C2CC2)n1. The van der Waals surface area contributed by atoms with Crippen molar-refractivity contribution in [3.8, 4) is 0 Å². The molecule has 1 saturated carbocycles. The van der Waals surface area contributed by atoms with Crippen LogP contribution in [0, 0.1) is 12.8 Å². The molecular weight excluding hydrogens is 254 g/mol. The van der Waals surface area contributed by atoms with Crippen LogP contribution in [0.5, 0.6) is 0 Å². The Balaban J connectivity index is 1.77. The van der Waals surface area contributed by atoms with Gasteiger partial charge in [-0.2, -0.15) is 0 Å². The molecule has 2 heterocycles. The lowest BCUT2D eigenvalue weighted by Crippen LogP contribution is -2.26. The van der Waals surface area contributed by atoms with E-state index >= 15 is 0 Å². The maximum absolute atomic E-state index is 4.56. The van der Waals surface area contributed by atoms with Crippen LogP contribution in [-0.2, 0) is 6.54 Å². The first kappa shape index (κ1) is 12.8. The predicted octanol–water partition coefficient (Wildman–Crippen LogP) is 3.43. The van der Waals surface area contributed by atoms with Crippen LogP contribution in [0.3, 0.4) is 0 Å². The first-order valence-electron chi connectivity index (χ1n) is 6.76. The molecule has 0 N–H and O–H groups in total. The minimum Gasteiger partial charge on any atom is -0.291 e. The third-order valence-electron chi connectivity index (χ3n) is 3.59. The quantitative estimate of drug-likeness (QED) is 0.835. The summed E-state index contributed by atoms with van der Waals surface area (Å²) < 4.78 is 0. The molecule has 0 spiro atoms. The van der Waals surface area contributed by atoms with Crippen molar-refractivity contribution in [2.45, 2.75) is 32.4 Å². The number of hydrogen-bond donors (Lipinski definition) is 0. The molecule has 0 saturated heterocycles. The van der Waals surface area contributed by atoms with Crippen molar-refractivity contribution in [2.24, 2.45) is 5.92 Å². The molecule has 0 bridgehead atoms. The summed E-state index contributed by atoms with van der Waals surface area (Å²) in [6.07, 6.45) is 4.54. The number of aryl methyl sites for hydroxylation is 1. The van der Waals surface area contributed by atoms with E-state index in [4.69, 9.17) is 0 Å². The van der Waals surface area contributed by atoms with Crippen LogP contribution in [0.25, 0.3) is 0 Å². The fourth-order valence-corrected chi connectivity index (χ4v) is 3.41. The van der Waals surface area contributed by atoms with Gasteiger partial charge in [0.1, 0.15) is 5.01 Å². The van der Waals surface area contributed by atoms with E-state index in [0.717, 1.165) is 18.2 Å². The highest BCUT2D eigenvalue weighted by molar-refractivity contribution is 7.09. The first-order valence-corrected chi connectivity index (χ1v) is 7.64. The van der Waals surface area contributed by atoms with Crippen molar-refractivity contribution in [1.82, 2.24) is 14.9 Å². The maximum Gasteiger partial charge on any atom is 0.107 e. The zero-order valence-corrected chi connectivity index (χ0v) is 12.2. The van der Waals surface area contributed by atoms with Gasteiger partial charge in [0.25, 0.3) is 0 Å². The Morgan fingerprint density at radius 2 is 2.26 bits per heavy atom. The lowest BCUT2D eigenvalue weighted by atomic mass is 10.1. The molecular formula is C15H19N3S. The smallest absolute Gasteiger partial charge is 0.107 e. The van der Waals surface area contributed by atoms with Crippen molar-refractivity contribution < 1.29 is 0 Å². The molecule has 4 heteroatoms. The topological polar surface area (TPSA) is 29.0 Å². The lowest BCUT2D eigenvalue weighted by Gasteiger charge is -2.26. The van der Waals surface area contributed by atoms with Crippen molar-refractivity contribution in [3.05, 3.63) is 46.2 Å². The van der Waals surface area contributed by atoms with E-state index in [1.54, 1.807) is 11.3 Å². The standard InChI is InChI=1S/C15H19N3S/c1-11-10-19-14(17-11)9-18(2)15(12-6-7-12)13-5-3-4-8-16-13/h3-5,8,10,12,15H,6-7,9H2,1-2H3. The van der Waals surface area contributed by atoms with Gasteiger partial charge in [0.2, 0.25) is 0 Å². The summed E-state index contributed by atoms with van der Waals surface area (Å²) in [6.45, 7) is 2.97. The molecule has 1 aliphatic rings. The summed E-state index contributed by atoms with van der Waals surface area (Å²) in [5.74, 6) is 0.765. The average Bonchev–Trinajstić information content (AvgIpc) is 3.14. The number of thiazole rings is 1. The molecule has 2 aromatic rings. The van der Waals surface area contributed by atoms with Gasteiger partial charge >= 0.3 is 0 Å². The minimum atomic E-state index is 0.436. The zero-order valence-electron chi connectivity index (χ0n) is 11.4. The van der Waals surface area contributed by atoms with Gasteiger partial charge in [-0.25, -0.2) is 4.98 Å². The van der Waals surface area contributed by atoms with Crippen LogP contribution in [-0.4, -0.2) is 21.9 Å². The first-order chi connectivity index (χ1) is 9.24. The fourth-order valence-electron chi connectivity index (χ4n) is 2.58. The molecule has 1 unspecified atom stereocenters. The molecule has 2 aromatic heterocycles. The average molecular weight is 273 g/mol. The lowest BCUT2D eigenvalue weighted by molar-refractivity contribution is 0.208. The fraction of sp³-hybridized carbons (Fsp3) is 0.467. The van der Waals surface area contributed by atoms with Gasteiger partial charge in [-0.05, 0) is 44.9 Å². The minimum absolute atomic E-state index is 0.436. The molecule has 0 aliphatic heterocycles. The van der Waals surface area contributed by atoms with E-state index in [1.807, 2.05) is 12.3 Å². The van der Waals surface area contributed by atoms with Crippen molar-refractivity contribution in [1.29, 1.82) is 0 Å².